The van der Waals surface area contributed by atoms with Crippen molar-refractivity contribution >= 4 is 23.2 Å². The summed E-state index contributed by atoms with van der Waals surface area (Å²) in [6, 6.07) is 4.48. The molecular weight excluding hydrogens is 358 g/mol. The first kappa shape index (κ1) is 20.3. The zero-order valence-electron chi connectivity index (χ0n) is 16.7. The Kier molecular flexibility index (Phi) is 7.30. The summed E-state index contributed by atoms with van der Waals surface area (Å²) < 4.78 is 0. The van der Waals surface area contributed by atoms with Crippen LogP contribution in [0.5, 0.6) is 0 Å². The average Bonchev–Trinajstić information content (AvgIpc) is 3.37. The SMILES string of the molecule is CCCCN(C)C(=O)C1CCN(CC(=O)N2CCCC2c2cccs2)CC1. The molecule has 1 aromatic heterocycles. The minimum atomic E-state index is 0.129. The molecule has 0 aromatic carbocycles. The first-order valence-electron chi connectivity index (χ1n) is 10.4. The van der Waals surface area contributed by atoms with E-state index in [1.807, 2.05) is 11.9 Å². The predicted octanol–water partition coefficient (Wildman–Crippen LogP) is 3.38. The van der Waals surface area contributed by atoms with Gasteiger partial charge in [0.25, 0.3) is 0 Å². The van der Waals surface area contributed by atoms with E-state index in [4.69, 9.17) is 0 Å². The van der Waals surface area contributed by atoms with E-state index in [0.29, 0.717) is 6.54 Å². The number of likely N-dealkylation sites (tertiary alicyclic amines) is 2. The molecule has 2 amide bonds. The second-order valence-corrected chi connectivity index (χ2v) is 8.90. The molecule has 3 rings (SSSR count). The number of carbonyl (C=O) groups is 2. The Balaban J connectivity index is 1.46. The van der Waals surface area contributed by atoms with Crippen LogP contribution in [0.1, 0.15) is 56.4 Å². The fourth-order valence-electron chi connectivity index (χ4n) is 4.28. The van der Waals surface area contributed by atoms with Gasteiger partial charge in [0.2, 0.25) is 11.8 Å². The Hall–Kier alpha value is -1.40. The summed E-state index contributed by atoms with van der Waals surface area (Å²) in [5.74, 6) is 0.659. The quantitative estimate of drug-likeness (QED) is 0.716. The van der Waals surface area contributed by atoms with E-state index in [1.54, 1.807) is 11.3 Å². The normalized spacial score (nSPS) is 21.6. The molecule has 1 aromatic rings. The van der Waals surface area contributed by atoms with Crippen LogP contribution in [-0.4, -0.2) is 66.3 Å². The van der Waals surface area contributed by atoms with Gasteiger partial charge in [0.1, 0.15) is 0 Å². The minimum Gasteiger partial charge on any atom is -0.346 e. The first-order chi connectivity index (χ1) is 13.1. The van der Waals surface area contributed by atoms with E-state index in [1.165, 1.54) is 4.88 Å². The molecule has 0 bridgehead atoms. The molecule has 5 nitrogen and oxygen atoms in total. The van der Waals surface area contributed by atoms with Crippen molar-refractivity contribution < 1.29 is 9.59 Å². The Morgan fingerprint density at radius 3 is 2.67 bits per heavy atom. The second-order valence-electron chi connectivity index (χ2n) is 7.92. The third-order valence-electron chi connectivity index (χ3n) is 5.96. The Bertz CT molecular complexity index is 611. The van der Waals surface area contributed by atoms with Gasteiger partial charge in [-0.15, -0.1) is 11.3 Å². The van der Waals surface area contributed by atoms with Crippen molar-refractivity contribution in [3.63, 3.8) is 0 Å². The van der Waals surface area contributed by atoms with Gasteiger partial charge >= 0.3 is 0 Å². The molecule has 3 heterocycles. The van der Waals surface area contributed by atoms with Gasteiger partial charge in [0.15, 0.2) is 0 Å². The minimum absolute atomic E-state index is 0.129. The average molecular weight is 392 g/mol. The summed E-state index contributed by atoms with van der Waals surface area (Å²) in [7, 11) is 1.92. The smallest absolute Gasteiger partial charge is 0.237 e. The summed E-state index contributed by atoms with van der Waals surface area (Å²) in [4.78, 5) is 32.9. The molecule has 2 aliphatic rings. The van der Waals surface area contributed by atoms with E-state index in [2.05, 4.69) is 34.2 Å². The zero-order valence-corrected chi connectivity index (χ0v) is 17.5. The molecule has 2 saturated heterocycles. The molecular formula is C21H33N3O2S. The van der Waals surface area contributed by atoms with Crippen molar-refractivity contribution in [3.05, 3.63) is 22.4 Å². The summed E-state index contributed by atoms with van der Waals surface area (Å²) in [6.45, 7) is 6.07. The fourth-order valence-corrected chi connectivity index (χ4v) is 5.15. The van der Waals surface area contributed by atoms with E-state index < -0.39 is 0 Å². The largest absolute Gasteiger partial charge is 0.346 e. The highest BCUT2D eigenvalue weighted by atomic mass is 32.1. The van der Waals surface area contributed by atoms with Crippen LogP contribution in [0.15, 0.2) is 17.5 Å². The highest BCUT2D eigenvalue weighted by molar-refractivity contribution is 7.10. The van der Waals surface area contributed by atoms with Crippen LogP contribution in [0.3, 0.4) is 0 Å². The second kappa shape index (κ2) is 9.69. The highest BCUT2D eigenvalue weighted by Gasteiger charge is 2.33. The van der Waals surface area contributed by atoms with E-state index in [9.17, 15) is 9.59 Å². The molecule has 1 unspecified atom stereocenters. The lowest BCUT2D eigenvalue weighted by Crippen LogP contribution is -2.45. The Labute approximate surface area is 167 Å². The van der Waals surface area contributed by atoms with Gasteiger partial charge in [-0.3, -0.25) is 14.5 Å². The van der Waals surface area contributed by atoms with Crippen LogP contribution in [0.25, 0.3) is 0 Å². The fraction of sp³-hybridized carbons (Fsp3) is 0.714. The first-order valence-corrected chi connectivity index (χ1v) is 11.3. The van der Waals surface area contributed by atoms with Gasteiger partial charge in [-0.05, 0) is 56.6 Å². The molecule has 1 atom stereocenters. The van der Waals surface area contributed by atoms with Crippen LogP contribution in [0, 0.1) is 5.92 Å². The van der Waals surface area contributed by atoms with Gasteiger partial charge < -0.3 is 9.80 Å². The number of thiophene rings is 1. The number of carbonyl (C=O) groups excluding carboxylic acids is 2. The zero-order chi connectivity index (χ0) is 19.2. The topological polar surface area (TPSA) is 43.9 Å². The van der Waals surface area contributed by atoms with Gasteiger partial charge in [0.05, 0.1) is 12.6 Å². The molecule has 0 saturated carbocycles. The third-order valence-corrected chi connectivity index (χ3v) is 6.94. The molecule has 0 spiro atoms. The van der Waals surface area contributed by atoms with Crippen LogP contribution in [0.2, 0.25) is 0 Å². The maximum atomic E-state index is 12.9. The lowest BCUT2D eigenvalue weighted by Gasteiger charge is -2.34. The van der Waals surface area contributed by atoms with Gasteiger partial charge in [0, 0.05) is 30.9 Å². The summed E-state index contributed by atoms with van der Waals surface area (Å²) in [5, 5.41) is 2.09. The number of rotatable bonds is 7. The molecule has 6 heteroatoms. The lowest BCUT2D eigenvalue weighted by atomic mass is 9.95. The maximum absolute atomic E-state index is 12.9. The van der Waals surface area contributed by atoms with E-state index in [-0.39, 0.29) is 23.8 Å². The lowest BCUT2D eigenvalue weighted by molar-refractivity contribution is -0.136. The van der Waals surface area contributed by atoms with E-state index in [0.717, 1.165) is 64.7 Å². The van der Waals surface area contributed by atoms with Crippen molar-refractivity contribution in [1.82, 2.24) is 14.7 Å². The number of hydrogen-bond acceptors (Lipinski definition) is 4. The standard InChI is InChI=1S/C21H33N3O2S/c1-3-4-11-22(2)21(26)17-9-13-23(14-10-17)16-20(25)24-12-5-7-18(24)19-8-6-15-27-19/h6,8,15,17-18H,3-5,7,9-14,16H2,1-2H3. The summed E-state index contributed by atoms with van der Waals surface area (Å²) >= 11 is 1.75. The molecule has 0 aliphatic carbocycles. The number of hydrogen-bond donors (Lipinski definition) is 0. The molecule has 27 heavy (non-hydrogen) atoms. The van der Waals surface area contributed by atoms with Gasteiger partial charge in [-0.25, -0.2) is 0 Å². The van der Waals surface area contributed by atoms with Crippen molar-refractivity contribution in [2.75, 3.05) is 39.8 Å². The molecule has 2 fully saturated rings. The molecule has 0 radical (unpaired) electrons. The maximum Gasteiger partial charge on any atom is 0.237 e. The monoisotopic (exact) mass is 391 g/mol. The number of unbranched alkanes of at least 4 members (excludes halogenated alkanes) is 1. The van der Waals surface area contributed by atoms with E-state index >= 15 is 0 Å². The van der Waals surface area contributed by atoms with Crippen LogP contribution < -0.4 is 0 Å². The van der Waals surface area contributed by atoms with Crippen molar-refractivity contribution in [3.8, 4) is 0 Å². The highest BCUT2D eigenvalue weighted by Crippen LogP contribution is 2.34. The molecule has 0 N–H and O–H groups in total. The van der Waals surface area contributed by atoms with Gasteiger partial charge in [-0.2, -0.15) is 0 Å². The van der Waals surface area contributed by atoms with Crippen molar-refractivity contribution in [1.29, 1.82) is 0 Å². The van der Waals surface area contributed by atoms with Crippen LogP contribution in [0.4, 0.5) is 0 Å². The molecule has 2 aliphatic heterocycles. The van der Waals surface area contributed by atoms with Gasteiger partial charge in [-0.1, -0.05) is 19.4 Å². The summed E-state index contributed by atoms with van der Waals surface area (Å²) in [5.41, 5.74) is 0. The van der Waals surface area contributed by atoms with Crippen LogP contribution in [-0.2, 0) is 9.59 Å². The number of amides is 2. The van der Waals surface area contributed by atoms with Crippen molar-refractivity contribution in [2.24, 2.45) is 5.92 Å². The predicted molar refractivity (Wildman–Crippen MR) is 110 cm³/mol. The van der Waals surface area contributed by atoms with Crippen LogP contribution >= 0.6 is 11.3 Å². The van der Waals surface area contributed by atoms with Crippen molar-refractivity contribution in [2.45, 2.75) is 51.5 Å². The number of nitrogens with zero attached hydrogens (tertiary/aromatic N) is 3. The Morgan fingerprint density at radius 2 is 2.00 bits per heavy atom. The summed E-state index contributed by atoms with van der Waals surface area (Å²) in [6.07, 6.45) is 6.09. The molecule has 150 valence electrons. The third kappa shape index (κ3) is 5.11. The Morgan fingerprint density at radius 1 is 1.22 bits per heavy atom. The number of piperidine rings is 1.